The number of nitrogens with one attached hydrogen (secondary N) is 2. The van der Waals surface area contributed by atoms with Gasteiger partial charge in [-0.1, -0.05) is 66.7 Å². The second kappa shape index (κ2) is 9.31. The van der Waals surface area contributed by atoms with E-state index in [9.17, 15) is 4.79 Å². The number of hydrogen-bond acceptors (Lipinski definition) is 2. The molecule has 0 aliphatic rings. The highest BCUT2D eigenvalue weighted by atomic mass is 16.1. The van der Waals surface area contributed by atoms with Crippen LogP contribution in [-0.2, 0) is 17.6 Å². The molecule has 2 N–H and O–H groups in total. The molecule has 0 bridgehead atoms. The number of anilines is 1. The molecule has 1 amide bonds. The summed E-state index contributed by atoms with van der Waals surface area (Å²) in [6.07, 6.45) is 3.09. The van der Waals surface area contributed by atoms with Gasteiger partial charge in [-0.15, -0.1) is 0 Å². The Kier molecular flexibility index (Phi) is 6.14. The molecule has 0 radical (unpaired) electrons. The number of benzene rings is 3. The smallest absolute Gasteiger partial charge is 0.224 e. The molecule has 4 rings (SSSR count). The van der Waals surface area contributed by atoms with Crippen LogP contribution in [0.15, 0.2) is 91.1 Å². The summed E-state index contributed by atoms with van der Waals surface area (Å²) in [5.74, 6) is 0.0437. The zero-order valence-corrected chi connectivity index (χ0v) is 17.2. The maximum absolute atomic E-state index is 12.9. The quantitative estimate of drug-likeness (QED) is 0.457. The standard InChI is InChI=1S/C26H27N3O/c1-29(23-12-6-3-7-13-23)19-22(16-20-10-4-2-5-11-20)28-26(30)17-21-18-27-25-15-9-8-14-24(21)25/h2-15,18,22,27H,16-17,19H2,1H3,(H,28,30)/t22-/m0/s1. The lowest BCUT2D eigenvalue weighted by Gasteiger charge is -2.27. The molecule has 4 nitrogen and oxygen atoms in total. The molecule has 4 heteroatoms. The highest BCUT2D eigenvalue weighted by molar-refractivity contribution is 5.89. The first kappa shape index (κ1) is 19.8. The Bertz CT molecular complexity index is 1090. The Morgan fingerprint density at radius 2 is 1.60 bits per heavy atom. The minimum Gasteiger partial charge on any atom is -0.373 e. The number of hydrogen-bond donors (Lipinski definition) is 2. The molecule has 0 aliphatic carbocycles. The number of fused-ring (bicyclic) bond motifs is 1. The Labute approximate surface area is 177 Å². The number of likely N-dealkylation sites (N-methyl/N-ethyl adjacent to an activating group) is 1. The van der Waals surface area contributed by atoms with Gasteiger partial charge in [0.05, 0.1) is 12.5 Å². The fourth-order valence-corrected chi connectivity index (χ4v) is 3.91. The monoisotopic (exact) mass is 397 g/mol. The maximum atomic E-state index is 12.9. The lowest BCUT2D eigenvalue weighted by atomic mass is 10.0. The fraction of sp³-hybridized carbons (Fsp3) is 0.192. The van der Waals surface area contributed by atoms with Gasteiger partial charge in [0.15, 0.2) is 0 Å². The average molecular weight is 398 g/mol. The lowest BCUT2D eigenvalue weighted by molar-refractivity contribution is -0.121. The van der Waals surface area contributed by atoms with E-state index in [1.807, 2.05) is 60.8 Å². The Morgan fingerprint density at radius 1 is 0.933 bits per heavy atom. The summed E-state index contributed by atoms with van der Waals surface area (Å²) >= 11 is 0. The van der Waals surface area contributed by atoms with Crippen molar-refractivity contribution in [3.8, 4) is 0 Å². The molecule has 0 spiro atoms. The van der Waals surface area contributed by atoms with Crippen LogP contribution in [0.4, 0.5) is 5.69 Å². The predicted molar refractivity (Wildman–Crippen MR) is 124 cm³/mol. The van der Waals surface area contributed by atoms with E-state index in [1.54, 1.807) is 0 Å². The van der Waals surface area contributed by atoms with Crippen LogP contribution in [-0.4, -0.2) is 30.5 Å². The van der Waals surface area contributed by atoms with Gasteiger partial charge in [0.1, 0.15) is 0 Å². The number of rotatable bonds is 8. The minimum atomic E-state index is 0.00955. The van der Waals surface area contributed by atoms with Gasteiger partial charge in [-0.05, 0) is 35.7 Å². The Balaban J connectivity index is 1.47. The third kappa shape index (κ3) is 4.90. The number of aromatic amines is 1. The zero-order valence-electron chi connectivity index (χ0n) is 17.2. The third-order valence-corrected chi connectivity index (χ3v) is 5.41. The summed E-state index contributed by atoms with van der Waals surface area (Å²) in [5.41, 5.74) is 4.45. The highest BCUT2D eigenvalue weighted by Crippen LogP contribution is 2.18. The van der Waals surface area contributed by atoms with E-state index in [0.717, 1.165) is 35.1 Å². The maximum Gasteiger partial charge on any atom is 0.224 e. The van der Waals surface area contributed by atoms with Crippen LogP contribution < -0.4 is 10.2 Å². The van der Waals surface area contributed by atoms with Crippen molar-refractivity contribution >= 4 is 22.5 Å². The van der Waals surface area contributed by atoms with Crippen LogP contribution in [0.3, 0.4) is 0 Å². The van der Waals surface area contributed by atoms with Gasteiger partial charge in [-0.25, -0.2) is 0 Å². The van der Waals surface area contributed by atoms with E-state index < -0.39 is 0 Å². The van der Waals surface area contributed by atoms with E-state index in [1.165, 1.54) is 5.56 Å². The number of carbonyl (C=O) groups is 1. The van der Waals surface area contributed by atoms with E-state index in [2.05, 4.69) is 52.6 Å². The van der Waals surface area contributed by atoms with Crippen LogP contribution in [0.25, 0.3) is 10.9 Å². The second-order valence-corrected chi connectivity index (χ2v) is 7.71. The predicted octanol–water partition coefficient (Wildman–Crippen LogP) is 4.57. The first-order chi connectivity index (χ1) is 14.7. The molecule has 3 aromatic carbocycles. The zero-order chi connectivity index (χ0) is 20.8. The summed E-state index contributed by atoms with van der Waals surface area (Å²) in [6.45, 7) is 0.735. The second-order valence-electron chi connectivity index (χ2n) is 7.71. The van der Waals surface area contributed by atoms with E-state index in [0.29, 0.717) is 6.42 Å². The fourth-order valence-electron chi connectivity index (χ4n) is 3.91. The third-order valence-electron chi connectivity index (χ3n) is 5.41. The molecule has 4 aromatic rings. The summed E-state index contributed by atoms with van der Waals surface area (Å²) in [7, 11) is 2.07. The molecular weight excluding hydrogens is 370 g/mol. The van der Waals surface area contributed by atoms with Gasteiger partial charge in [-0.3, -0.25) is 4.79 Å². The molecule has 0 saturated heterocycles. The van der Waals surface area contributed by atoms with Gasteiger partial charge >= 0.3 is 0 Å². The molecule has 1 heterocycles. The van der Waals surface area contributed by atoms with Gasteiger partial charge in [-0.2, -0.15) is 0 Å². The number of nitrogens with zero attached hydrogens (tertiary/aromatic N) is 1. The SMILES string of the molecule is CN(C[C@H](Cc1ccccc1)NC(=O)Cc1c[nH]c2ccccc12)c1ccccc1. The molecular formula is C26H27N3O. The van der Waals surface area contributed by atoms with Crippen molar-refractivity contribution in [3.63, 3.8) is 0 Å². The molecule has 30 heavy (non-hydrogen) atoms. The van der Waals surface area contributed by atoms with Crippen molar-refractivity contribution in [1.29, 1.82) is 0 Å². The van der Waals surface area contributed by atoms with Gasteiger partial charge in [0, 0.05) is 36.4 Å². The summed E-state index contributed by atoms with van der Waals surface area (Å²) < 4.78 is 0. The first-order valence-electron chi connectivity index (χ1n) is 10.3. The van der Waals surface area contributed by atoms with Crippen molar-refractivity contribution in [2.75, 3.05) is 18.5 Å². The van der Waals surface area contributed by atoms with Gasteiger partial charge < -0.3 is 15.2 Å². The molecule has 152 valence electrons. The molecule has 0 aliphatic heterocycles. The van der Waals surface area contributed by atoms with E-state index in [4.69, 9.17) is 0 Å². The van der Waals surface area contributed by atoms with Crippen LogP contribution >= 0.6 is 0 Å². The normalized spacial score (nSPS) is 11.9. The van der Waals surface area contributed by atoms with Crippen molar-refractivity contribution < 1.29 is 4.79 Å². The van der Waals surface area contributed by atoms with Gasteiger partial charge in [0.25, 0.3) is 0 Å². The number of aromatic nitrogens is 1. The van der Waals surface area contributed by atoms with E-state index in [-0.39, 0.29) is 11.9 Å². The summed E-state index contributed by atoms with van der Waals surface area (Å²) in [6, 6.07) is 28.7. The van der Waals surface area contributed by atoms with Gasteiger partial charge in [0.2, 0.25) is 5.91 Å². The molecule has 0 fully saturated rings. The number of para-hydroxylation sites is 2. The highest BCUT2D eigenvalue weighted by Gasteiger charge is 2.17. The molecule has 0 saturated carbocycles. The average Bonchev–Trinajstić information content (AvgIpc) is 3.18. The number of carbonyl (C=O) groups excluding carboxylic acids is 1. The number of amides is 1. The lowest BCUT2D eigenvalue weighted by Crippen LogP contribution is -2.44. The van der Waals surface area contributed by atoms with Crippen molar-refractivity contribution in [3.05, 3.63) is 102 Å². The van der Waals surface area contributed by atoms with Crippen LogP contribution in [0, 0.1) is 0 Å². The number of H-pyrrole nitrogens is 1. The summed E-state index contributed by atoms with van der Waals surface area (Å²) in [4.78, 5) is 18.4. The molecule has 1 atom stereocenters. The minimum absolute atomic E-state index is 0.00955. The Hall–Kier alpha value is -3.53. The first-order valence-corrected chi connectivity index (χ1v) is 10.3. The van der Waals surface area contributed by atoms with Crippen LogP contribution in [0.1, 0.15) is 11.1 Å². The van der Waals surface area contributed by atoms with Crippen molar-refractivity contribution in [2.24, 2.45) is 0 Å². The largest absolute Gasteiger partial charge is 0.373 e. The Morgan fingerprint density at radius 3 is 2.37 bits per heavy atom. The van der Waals surface area contributed by atoms with Crippen LogP contribution in [0.2, 0.25) is 0 Å². The summed E-state index contributed by atoms with van der Waals surface area (Å²) in [5, 5.41) is 4.38. The topological polar surface area (TPSA) is 48.1 Å². The molecule has 0 unspecified atom stereocenters. The van der Waals surface area contributed by atoms with Crippen molar-refractivity contribution in [2.45, 2.75) is 18.9 Å². The van der Waals surface area contributed by atoms with Crippen LogP contribution in [0.5, 0.6) is 0 Å². The van der Waals surface area contributed by atoms with E-state index >= 15 is 0 Å². The molecule has 1 aromatic heterocycles. The van der Waals surface area contributed by atoms with Crippen molar-refractivity contribution in [1.82, 2.24) is 10.3 Å².